The zero-order valence-corrected chi connectivity index (χ0v) is 14.2. The maximum atomic E-state index is 7.00. The maximum absolute atomic E-state index is 7.00. The monoisotopic (exact) mass is 326 g/mol. The fraction of sp³-hybridized carbons (Fsp3) is 0.167. The molecule has 124 valence electrons. The SMILES string of the molecule is C1=CCC(OC2(c3ccccc3)C=CC=CC2)(c2ccccc2)C=C1. The molecule has 2 aliphatic rings. The molecule has 0 aromatic heterocycles. The van der Waals surface area contributed by atoms with Crippen molar-refractivity contribution in [3.8, 4) is 0 Å². The minimum Gasteiger partial charge on any atom is -0.350 e. The molecule has 4 rings (SSSR count). The first-order valence-electron chi connectivity index (χ1n) is 8.83. The smallest absolute Gasteiger partial charge is 0.117 e. The molecule has 1 nitrogen and oxygen atoms in total. The largest absolute Gasteiger partial charge is 0.350 e. The highest BCUT2D eigenvalue weighted by Gasteiger charge is 2.41. The van der Waals surface area contributed by atoms with E-state index in [1.165, 1.54) is 11.1 Å². The minimum absolute atomic E-state index is 0.457. The van der Waals surface area contributed by atoms with Crippen LogP contribution in [-0.2, 0) is 15.9 Å². The van der Waals surface area contributed by atoms with Gasteiger partial charge in [-0.05, 0) is 23.3 Å². The van der Waals surface area contributed by atoms with Crippen LogP contribution in [0.15, 0.2) is 109 Å². The highest BCUT2D eigenvalue weighted by Crippen LogP contribution is 2.44. The van der Waals surface area contributed by atoms with Gasteiger partial charge >= 0.3 is 0 Å². The van der Waals surface area contributed by atoms with Crippen molar-refractivity contribution in [3.05, 3.63) is 120 Å². The van der Waals surface area contributed by atoms with E-state index in [2.05, 4.69) is 109 Å². The van der Waals surface area contributed by atoms with Crippen LogP contribution >= 0.6 is 0 Å². The van der Waals surface area contributed by atoms with Gasteiger partial charge in [0.1, 0.15) is 11.2 Å². The third-order valence-electron chi connectivity index (χ3n) is 4.96. The van der Waals surface area contributed by atoms with Gasteiger partial charge in [-0.3, -0.25) is 0 Å². The van der Waals surface area contributed by atoms with E-state index in [1.54, 1.807) is 0 Å². The molecule has 25 heavy (non-hydrogen) atoms. The molecule has 2 aromatic rings. The van der Waals surface area contributed by atoms with E-state index < -0.39 is 11.2 Å². The zero-order valence-electron chi connectivity index (χ0n) is 14.2. The van der Waals surface area contributed by atoms with Crippen LogP contribution in [0.4, 0.5) is 0 Å². The van der Waals surface area contributed by atoms with Crippen LogP contribution in [0.25, 0.3) is 0 Å². The topological polar surface area (TPSA) is 9.23 Å². The highest BCUT2D eigenvalue weighted by atomic mass is 16.5. The Balaban J connectivity index is 1.80. The Labute approximate surface area is 149 Å². The van der Waals surface area contributed by atoms with Gasteiger partial charge in [0.05, 0.1) is 0 Å². The molecule has 0 N–H and O–H groups in total. The average Bonchev–Trinajstić information content (AvgIpc) is 2.71. The molecular weight excluding hydrogens is 304 g/mol. The summed E-state index contributed by atoms with van der Waals surface area (Å²) in [7, 11) is 0. The molecule has 0 spiro atoms. The third kappa shape index (κ3) is 3.04. The van der Waals surface area contributed by atoms with Gasteiger partial charge in [-0.2, -0.15) is 0 Å². The fourth-order valence-corrected chi connectivity index (χ4v) is 3.66. The highest BCUT2D eigenvalue weighted by molar-refractivity contribution is 5.37. The van der Waals surface area contributed by atoms with Gasteiger partial charge in [-0.15, -0.1) is 0 Å². The lowest BCUT2D eigenvalue weighted by atomic mass is 9.82. The van der Waals surface area contributed by atoms with Gasteiger partial charge in [-0.1, -0.05) is 97.1 Å². The normalized spacial score (nSPS) is 27.5. The van der Waals surface area contributed by atoms with E-state index in [0.717, 1.165) is 12.8 Å². The summed E-state index contributed by atoms with van der Waals surface area (Å²) in [4.78, 5) is 0. The molecule has 0 radical (unpaired) electrons. The van der Waals surface area contributed by atoms with E-state index in [1.807, 2.05) is 0 Å². The van der Waals surface area contributed by atoms with Crippen molar-refractivity contribution in [1.82, 2.24) is 0 Å². The Morgan fingerprint density at radius 1 is 0.560 bits per heavy atom. The molecule has 0 aliphatic heterocycles. The van der Waals surface area contributed by atoms with Crippen molar-refractivity contribution < 1.29 is 4.74 Å². The van der Waals surface area contributed by atoms with Crippen molar-refractivity contribution in [2.45, 2.75) is 24.0 Å². The standard InChI is InChI=1S/C24H22O/c1-5-13-21(14-6-1)23(17-9-3-10-18-23)25-24(19-11-4-12-20-24)22-15-7-2-8-16-22/h1-17,19H,18,20H2. The molecule has 0 heterocycles. The van der Waals surface area contributed by atoms with E-state index in [4.69, 9.17) is 4.74 Å². The van der Waals surface area contributed by atoms with E-state index >= 15 is 0 Å². The quantitative estimate of drug-likeness (QED) is 0.687. The van der Waals surface area contributed by atoms with Gasteiger partial charge in [0.15, 0.2) is 0 Å². The number of ether oxygens (including phenoxy) is 1. The average molecular weight is 326 g/mol. The molecule has 2 aliphatic carbocycles. The molecule has 0 fully saturated rings. The summed E-state index contributed by atoms with van der Waals surface area (Å²) in [6.45, 7) is 0. The maximum Gasteiger partial charge on any atom is 0.117 e. The first kappa shape index (κ1) is 15.9. The number of rotatable bonds is 4. The summed E-state index contributed by atoms with van der Waals surface area (Å²) in [6.07, 6.45) is 18.8. The summed E-state index contributed by atoms with van der Waals surface area (Å²) >= 11 is 0. The lowest BCUT2D eigenvalue weighted by Gasteiger charge is -2.43. The number of hydrogen-bond acceptors (Lipinski definition) is 1. The van der Waals surface area contributed by atoms with Gasteiger partial charge in [0.2, 0.25) is 0 Å². The fourth-order valence-electron chi connectivity index (χ4n) is 3.66. The second-order valence-electron chi connectivity index (χ2n) is 6.60. The van der Waals surface area contributed by atoms with Gasteiger partial charge in [-0.25, -0.2) is 0 Å². The predicted molar refractivity (Wildman–Crippen MR) is 103 cm³/mol. The van der Waals surface area contributed by atoms with Crippen molar-refractivity contribution in [2.75, 3.05) is 0 Å². The Bertz CT molecular complexity index is 757. The van der Waals surface area contributed by atoms with E-state index in [0.29, 0.717) is 0 Å². The van der Waals surface area contributed by atoms with Gasteiger partial charge in [0, 0.05) is 12.8 Å². The Morgan fingerprint density at radius 2 is 1.00 bits per heavy atom. The Kier molecular flexibility index (Phi) is 4.25. The van der Waals surface area contributed by atoms with Crippen molar-refractivity contribution in [2.24, 2.45) is 0 Å². The number of benzene rings is 2. The summed E-state index contributed by atoms with van der Waals surface area (Å²) in [5.74, 6) is 0. The van der Waals surface area contributed by atoms with Gasteiger partial charge in [0.25, 0.3) is 0 Å². The van der Waals surface area contributed by atoms with Crippen LogP contribution in [0, 0.1) is 0 Å². The van der Waals surface area contributed by atoms with E-state index in [9.17, 15) is 0 Å². The number of allylic oxidation sites excluding steroid dienone is 4. The summed E-state index contributed by atoms with van der Waals surface area (Å²) in [6, 6.07) is 21.1. The molecular formula is C24H22O. The summed E-state index contributed by atoms with van der Waals surface area (Å²) in [5, 5.41) is 0. The molecule has 0 amide bonds. The molecule has 2 unspecified atom stereocenters. The van der Waals surface area contributed by atoms with Crippen LogP contribution in [0.5, 0.6) is 0 Å². The predicted octanol–water partition coefficient (Wildman–Crippen LogP) is 5.83. The zero-order chi connectivity index (χ0) is 17.0. The number of hydrogen-bond donors (Lipinski definition) is 0. The first-order chi connectivity index (χ1) is 12.3. The Morgan fingerprint density at radius 3 is 1.36 bits per heavy atom. The van der Waals surface area contributed by atoms with Crippen molar-refractivity contribution >= 4 is 0 Å². The molecule has 0 saturated carbocycles. The molecule has 2 atom stereocenters. The van der Waals surface area contributed by atoms with Crippen LogP contribution in [0.2, 0.25) is 0 Å². The van der Waals surface area contributed by atoms with E-state index in [-0.39, 0.29) is 0 Å². The van der Waals surface area contributed by atoms with Crippen LogP contribution in [0.1, 0.15) is 24.0 Å². The lowest BCUT2D eigenvalue weighted by molar-refractivity contribution is -0.116. The lowest BCUT2D eigenvalue weighted by Crippen LogP contribution is -2.39. The van der Waals surface area contributed by atoms with Crippen molar-refractivity contribution in [1.29, 1.82) is 0 Å². The second-order valence-corrected chi connectivity index (χ2v) is 6.60. The minimum atomic E-state index is -0.457. The van der Waals surface area contributed by atoms with Gasteiger partial charge < -0.3 is 4.74 Å². The van der Waals surface area contributed by atoms with Crippen molar-refractivity contribution in [3.63, 3.8) is 0 Å². The van der Waals surface area contributed by atoms with Crippen LogP contribution in [0.3, 0.4) is 0 Å². The molecule has 0 bridgehead atoms. The second kappa shape index (κ2) is 6.70. The van der Waals surface area contributed by atoms with Crippen LogP contribution in [-0.4, -0.2) is 0 Å². The molecule has 0 saturated heterocycles. The Hall–Kier alpha value is -2.64. The third-order valence-corrected chi connectivity index (χ3v) is 4.96. The summed E-state index contributed by atoms with van der Waals surface area (Å²) < 4.78 is 7.00. The molecule has 2 aromatic carbocycles. The first-order valence-corrected chi connectivity index (χ1v) is 8.83. The van der Waals surface area contributed by atoms with Crippen LogP contribution < -0.4 is 0 Å². The summed E-state index contributed by atoms with van der Waals surface area (Å²) in [5.41, 5.74) is 1.46. The molecule has 1 heteroatoms.